The first-order valence-electron chi connectivity index (χ1n) is 5.63. The van der Waals surface area contributed by atoms with Gasteiger partial charge in [0.2, 0.25) is 0 Å². The fourth-order valence-electron chi connectivity index (χ4n) is 1.52. The normalized spacial score (nSPS) is 10.3. The molecule has 1 aromatic carbocycles. The van der Waals surface area contributed by atoms with E-state index in [-0.39, 0.29) is 12.4 Å². The van der Waals surface area contributed by atoms with Crippen molar-refractivity contribution in [3.63, 3.8) is 0 Å². The first-order valence-corrected chi connectivity index (χ1v) is 7.30. The Hall–Kier alpha value is -1.40. The number of hydrogen-bond donors (Lipinski definition) is 1. The van der Waals surface area contributed by atoms with E-state index in [1.807, 2.05) is 30.5 Å². The molecular formula is C13H13BrN2O2S. The van der Waals surface area contributed by atoms with Gasteiger partial charge in [0.05, 0.1) is 24.9 Å². The molecule has 0 atom stereocenters. The number of halogens is 1. The number of methoxy groups -OCH3 is 1. The van der Waals surface area contributed by atoms with E-state index in [1.54, 1.807) is 0 Å². The summed E-state index contributed by atoms with van der Waals surface area (Å²) in [5.41, 5.74) is 2.83. The highest BCUT2D eigenvalue weighted by molar-refractivity contribution is 9.10. The van der Waals surface area contributed by atoms with Crippen molar-refractivity contribution in [1.29, 1.82) is 0 Å². The van der Waals surface area contributed by atoms with Gasteiger partial charge in [-0.1, -0.05) is 6.07 Å². The standard InChI is InChI=1S/C13H13BrN2O2S/c1-8-3-4-10(14)11(5-8)16-13-15-9(7-19-13)6-12(17)18-2/h3-5,7H,6H2,1-2H3,(H,15,16). The minimum Gasteiger partial charge on any atom is -0.469 e. The SMILES string of the molecule is COC(=O)Cc1csc(Nc2cc(C)ccc2Br)n1. The van der Waals surface area contributed by atoms with E-state index in [2.05, 4.69) is 31.0 Å². The van der Waals surface area contributed by atoms with Crippen LogP contribution < -0.4 is 5.32 Å². The second kappa shape index (κ2) is 6.16. The van der Waals surface area contributed by atoms with Crippen molar-refractivity contribution in [2.75, 3.05) is 12.4 Å². The Labute approximate surface area is 124 Å². The van der Waals surface area contributed by atoms with Crippen LogP contribution in [-0.2, 0) is 16.0 Å². The maximum absolute atomic E-state index is 11.2. The average molecular weight is 341 g/mol. The highest BCUT2D eigenvalue weighted by atomic mass is 79.9. The number of aromatic nitrogens is 1. The minimum atomic E-state index is -0.284. The Morgan fingerprint density at radius 2 is 2.32 bits per heavy atom. The number of carbonyl (C=O) groups excluding carboxylic acids is 1. The molecule has 0 saturated carbocycles. The number of esters is 1. The molecular weight excluding hydrogens is 328 g/mol. The maximum atomic E-state index is 11.2. The van der Waals surface area contributed by atoms with Crippen LogP contribution in [0.4, 0.5) is 10.8 Å². The van der Waals surface area contributed by atoms with Crippen LogP contribution in [0.15, 0.2) is 28.1 Å². The number of ether oxygens (including phenoxy) is 1. The second-order valence-electron chi connectivity index (χ2n) is 4.01. The molecule has 19 heavy (non-hydrogen) atoms. The summed E-state index contributed by atoms with van der Waals surface area (Å²) in [7, 11) is 1.37. The molecule has 2 aromatic rings. The van der Waals surface area contributed by atoms with Gasteiger partial charge in [0, 0.05) is 9.85 Å². The summed E-state index contributed by atoms with van der Waals surface area (Å²) in [4.78, 5) is 15.5. The van der Waals surface area contributed by atoms with E-state index in [0.717, 1.165) is 20.9 Å². The van der Waals surface area contributed by atoms with Crippen LogP contribution in [0, 0.1) is 6.92 Å². The number of aryl methyl sites for hydroxylation is 1. The van der Waals surface area contributed by atoms with Crippen molar-refractivity contribution in [2.24, 2.45) is 0 Å². The number of benzene rings is 1. The molecule has 0 unspecified atom stereocenters. The van der Waals surface area contributed by atoms with Gasteiger partial charge < -0.3 is 10.1 Å². The highest BCUT2D eigenvalue weighted by Crippen LogP contribution is 2.28. The van der Waals surface area contributed by atoms with Crippen LogP contribution in [0.3, 0.4) is 0 Å². The first-order chi connectivity index (χ1) is 9.08. The van der Waals surface area contributed by atoms with Gasteiger partial charge in [-0.2, -0.15) is 0 Å². The highest BCUT2D eigenvalue weighted by Gasteiger charge is 2.08. The van der Waals surface area contributed by atoms with Crippen molar-refractivity contribution >= 4 is 44.1 Å². The van der Waals surface area contributed by atoms with E-state index in [4.69, 9.17) is 0 Å². The predicted octanol–water partition coefficient (Wildman–Crippen LogP) is 3.67. The topological polar surface area (TPSA) is 51.2 Å². The summed E-state index contributed by atoms with van der Waals surface area (Å²) in [6.45, 7) is 2.03. The number of anilines is 2. The Balaban J connectivity index is 2.11. The van der Waals surface area contributed by atoms with Gasteiger partial charge in [-0.15, -0.1) is 11.3 Å². The maximum Gasteiger partial charge on any atom is 0.311 e. The van der Waals surface area contributed by atoms with Crippen LogP contribution >= 0.6 is 27.3 Å². The Morgan fingerprint density at radius 3 is 3.05 bits per heavy atom. The van der Waals surface area contributed by atoms with Gasteiger partial charge >= 0.3 is 5.97 Å². The Morgan fingerprint density at radius 1 is 1.53 bits per heavy atom. The molecule has 2 rings (SSSR count). The van der Waals surface area contributed by atoms with E-state index in [9.17, 15) is 4.79 Å². The Bertz CT molecular complexity index is 598. The molecule has 1 N–H and O–H groups in total. The van der Waals surface area contributed by atoms with Gasteiger partial charge in [0.25, 0.3) is 0 Å². The lowest BCUT2D eigenvalue weighted by molar-refractivity contribution is -0.139. The zero-order chi connectivity index (χ0) is 13.8. The molecule has 0 radical (unpaired) electrons. The summed E-state index contributed by atoms with van der Waals surface area (Å²) in [5, 5.41) is 5.84. The quantitative estimate of drug-likeness (QED) is 0.862. The Kier molecular flexibility index (Phi) is 4.55. The zero-order valence-electron chi connectivity index (χ0n) is 10.6. The molecule has 0 aliphatic heterocycles. The smallest absolute Gasteiger partial charge is 0.311 e. The van der Waals surface area contributed by atoms with Crippen LogP contribution in [0.2, 0.25) is 0 Å². The summed E-state index contributed by atoms with van der Waals surface area (Å²) < 4.78 is 5.59. The molecule has 0 aliphatic rings. The molecule has 0 bridgehead atoms. The number of thiazole rings is 1. The lowest BCUT2D eigenvalue weighted by Crippen LogP contribution is -2.04. The van der Waals surface area contributed by atoms with E-state index in [1.165, 1.54) is 18.4 Å². The monoisotopic (exact) mass is 340 g/mol. The zero-order valence-corrected chi connectivity index (χ0v) is 13.0. The minimum absolute atomic E-state index is 0.198. The van der Waals surface area contributed by atoms with Crippen LogP contribution in [-0.4, -0.2) is 18.1 Å². The van der Waals surface area contributed by atoms with Crippen molar-refractivity contribution in [3.8, 4) is 0 Å². The third-order valence-electron chi connectivity index (χ3n) is 2.47. The average Bonchev–Trinajstić information content (AvgIpc) is 2.81. The lowest BCUT2D eigenvalue weighted by Gasteiger charge is -2.06. The second-order valence-corrected chi connectivity index (χ2v) is 5.72. The fraction of sp³-hybridized carbons (Fsp3) is 0.231. The number of hydrogen-bond acceptors (Lipinski definition) is 5. The van der Waals surface area contributed by atoms with Crippen molar-refractivity contribution in [1.82, 2.24) is 4.98 Å². The number of carbonyl (C=O) groups is 1. The van der Waals surface area contributed by atoms with Crippen LogP contribution in [0.25, 0.3) is 0 Å². The molecule has 1 heterocycles. The van der Waals surface area contributed by atoms with Crippen LogP contribution in [0.1, 0.15) is 11.3 Å². The molecule has 100 valence electrons. The summed E-state index contributed by atoms with van der Waals surface area (Å²) in [5.74, 6) is -0.284. The molecule has 6 heteroatoms. The summed E-state index contributed by atoms with van der Waals surface area (Å²) in [6.07, 6.45) is 0.198. The van der Waals surface area contributed by atoms with E-state index >= 15 is 0 Å². The van der Waals surface area contributed by atoms with Gasteiger partial charge in [-0.05, 0) is 40.5 Å². The predicted molar refractivity (Wildman–Crippen MR) is 80.0 cm³/mol. The van der Waals surface area contributed by atoms with Crippen molar-refractivity contribution in [2.45, 2.75) is 13.3 Å². The molecule has 0 fully saturated rings. The van der Waals surface area contributed by atoms with Crippen molar-refractivity contribution in [3.05, 3.63) is 39.3 Å². The first kappa shape index (κ1) is 14.0. The fourth-order valence-corrected chi connectivity index (χ4v) is 2.58. The summed E-state index contributed by atoms with van der Waals surface area (Å²) >= 11 is 4.95. The molecule has 4 nitrogen and oxygen atoms in total. The third kappa shape index (κ3) is 3.78. The third-order valence-corrected chi connectivity index (χ3v) is 3.97. The summed E-state index contributed by atoms with van der Waals surface area (Å²) in [6, 6.07) is 6.05. The number of nitrogens with one attached hydrogen (secondary N) is 1. The number of nitrogens with zero attached hydrogens (tertiary/aromatic N) is 1. The van der Waals surface area contributed by atoms with Gasteiger partial charge in [-0.25, -0.2) is 4.98 Å². The molecule has 0 aliphatic carbocycles. The molecule has 0 saturated heterocycles. The largest absolute Gasteiger partial charge is 0.469 e. The molecule has 0 spiro atoms. The van der Waals surface area contributed by atoms with E-state index in [0.29, 0.717) is 5.69 Å². The number of rotatable bonds is 4. The molecule has 1 aromatic heterocycles. The van der Waals surface area contributed by atoms with Crippen LogP contribution in [0.5, 0.6) is 0 Å². The van der Waals surface area contributed by atoms with Gasteiger partial charge in [0.15, 0.2) is 5.13 Å². The molecule has 0 amide bonds. The van der Waals surface area contributed by atoms with Crippen molar-refractivity contribution < 1.29 is 9.53 Å². The van der Waals surface area contributed by atoms with Gasteiger partial charge in [0.1, 0.15) is 0 Å². The van der Waals surface area contributed by atoms with E-state index < -0.39 is 0 Å². The lowest BCUT2D eigenvalue weighted by atomic mass is 10.2. The van der Waals surface area contributed by atoms with Gasteiger partial charge in [-0.3, -0.25) is 4.79 Å².